The molecule has 1 atom stereocenters. The molecule has 0 aliphatic carbocycles. The molecule has 1 fully saturated rings. The molecule has 0 bridgehead atoms. The molecule has 2 aliphatic heterocycles. The molecule has 0 radical (unpaired) electrons. The van der Waals surface area contributed by atoms with Gasteiger partial charge in [0.25, 0.3) is 5.69 Å². The van der Waals surface area contributed by atoms with E-state index in [4.69, 9.17) is 25.8 Å². The van der Waals surface area contributed by atoms with Gasteiger partial charge in [-0.2, -0.15) is 0 Å². The summed E-state index contributed by atoms with van der Waals surface area (Å²) >= 11 is 7.22. The summed E-state index contributed by atoms with van der Waals surface area (Å²) in [6.45, 7) is 0.00543. The predicted molar refractivity (Wildman–Crippen MR) is 120 cm³/mol. The number of hydrogen-bond acceptors (Lipinski definition) is 7. The number of benzene rings is 3. The molecular formula is C22H15ClN2O6S. The SMILES string of the molecule is O=C1CS[C@@H](c2cc3c(cc2[N+](=O)[O-])OCO3)N1c1ccc(Oc2ccc(Cl)cc2)cc1. The van der Waals surface area contributed by atoms with Crippen LogP contribution >= 0.6 is 23.4 Å². The first kappa shape index (κ1) is 20.5. The van der Waals surface area contributed by atoms with Crippen LogP contribution in [0.1, 0.15) is 10.9 Å². The molecule has 10 heteroatoms. The summed E-state index contributed by atoms with van der Waals surface area (Å²) in [5, 5.41) is 11.8. The first-order valence-electron chi connectivity index (χ1n) is 9.55. The lowest BCUT2D eigenvalue weighted by molar-refractivity contribution is -0.385. The van der Waals surface area contributed by atoms with Crippen molar-refractivity contribution in [3.8, 4) is 23.0 Å². The van der Waals surface area contributed by atoms with Gasteiger partial charge in [0, 0.05) is 10.7 Å². The predicted octanol–water partition coefficient (Wildman–Crippen LogP) is 5.55. The maximum absolute atomic E-state index is 12.7. The minimum atomic E-state index is -0.569. The van der Waals surface area contributed by atoms with Crippen LogP contribution in [0, 0.1) is 10.1 Å². The number of rotatable bonds is 5. The molecule has 8 nitrogen and oxygen atoms in total. The molecule has 0 unspecified atom stereocenters. The van der Waals surface area contributed by atoms with Crippen molar-refractivity contribution in [1.29, 1.82) is 0 Å². The van der Waals surface area contributed by atoms with E-state index in [1.807, 2.05) is 0 Å². The van der Waals surface area contributed by atoms with Gasteiger partial charge in [-0.3, -0.25) is 19.8 Å². The van der Waals surface area contributed by atoms with Crippen molar-refractivity contribution < 1.29 is 23.9 Å². The number of carbonyl (C=O) groups is 1. The second kappa shape index (κ2) is 8.25. The third-order valence-corrected chi connectivity index (χ3v) is 6.46. The van der Waals surface area contributed by atoms with Crippen LogP contribution in [0.5, 0.6) is 23.0 Å². The van der Waals surface area contributed by atoms with Gasteiger partial charge in [0.05, 0.1) is 22.3 Å². The number of nitro groups is 1. The Hall–Kier alpha value is -3.43. The molecule has 3 aromatic rings. The van der Waals surface area contributed by atoms with Crippen LogP contribution in [0.15, 0.2) is 60.7 Å². The van der Waals surface area contributed by atoms with Crippen LogP contribution in [0.4, 0.5) is 11.4 Å². The number of carbonyl (C=O) groups excluding carboxylic acids is 1. The number of thioether (sulfide) groups is 1. The van der Waals surface area contributed by atoms with Crippen molar-refractivity contribution >= 4 is 40.6 Å². The maximum Gasteiger partial charge on any atom is 0.279 e. The first-order valence-corrected chi connectivity index (χ1v) is 11.0. The number of nitrogens with zero attached hydrogens (tertiary/aromatic N) is 2. The smallest absolute Gasteiger partial charge is 0.279 e. The lowest BCUT2D eigenvalue weighted by Gasteiger charge is -2.24. The molecule has 3 aromatic carbocycles. The molecule has 32 heavy (non-hydrogen) atoms. The highest BCUT2D eigenvalue weighted by molar-refractivity contribution is 8.00. The van der Waals surface area contributed by atoms with Crippen LogP contribution in [-0.4, -0.2) is 23.4 Å². The molecule has 2 heterocycles. The minimum absolute atomic E-state index is 0.00543. The highest BCUT2D eigenvalue weighted by Gasteiger charge is 2.39. The van der Waals surface area contributed by atoms with Gasteiger partial charge in [0.1, 0.15) is 16.9 Å². The van der Waals surface area contributed by atoms with Gasteiger partial charge >= 0.3 is 0 Å². The van der Waals surface area contributed by atoms with E-state index in [0.29, 0.717) is 39.3 Å². The fourth-order valence-corrected chi connectivity index (χ4v) is 4.87. The summed E-state index contributed by atoms with van der Waals surface area (Å²) in [5.74, 6) is 2.03. The fourth-order valence-electron chi connectivity index (χ4n) is 3.55. The summed E-state index contributed by atoms with van der Waals surface area (Å²) in [5.41, 5.74) is 0.881. The Morgan fingerprint density at radius 2 is 1.66 bits per heavy atom. The average Bonchev–Trinajstić information content (AvgIpc) is 3.41. The van der Waals surface area contributed by atoms with E-state index in [1.54, 1.807) is 59.5 Å². The Bertz CT molecular complexity index is 1200. The van der Waals surface area contributed by atoms with Crippen LogP contribution in [0.2, 0.25) is 5.02 Å². The Labute approximate surface area is 191 Å². The Balaban J connectivity index is 1.45. The van der Waals surface area contributed by atoms with E-state index >= 15 is 0 Å². The number of anilines is 1. The number of nitro benzene ring substituents is 1. The first-order chi connectivity index (χ1) is 15.5. The van der Waals surface area contributed by atoms with Gasteiger partial charge in [-0.1, -0.05) is 11.6 Å². The summed E-state index contributed by atoms with van der Waals surface area (Å²) in [6.07, 6.45) is 0. The van der Waals surface area contributed by atoms with Crippen molar-refractivity contribution in [1.82, 2.24) is 0 Å². The molecule has 1 amide bonds. The zero-order chi connectivity index (χ0) is 22.2. The number of halogens is 1. The number of ether oxygens (including phenoxy) is 3. The molecule has 0 aromatic heterocycles. The molecule has 0 spiro atoms. The quantitative estimate of drug-likeness (QED) is 0.356. The van der Waals surface area contributed by atoms with Crippen molar-refractivity contribution in [2.75, 3.05) is 17.4 Å². The van der Waals surface area contributed by atoms with E-state index in [1.165, 1.54) is 17.8 Å². The molecule has 162 valence electrons. The van der Waals surface area contributed by atoms with E-state index in [2.05, 4.69) is 0 Å². The molecular weight excluding hydrogens is 456 g/mol. The standard InChI is InChI=1S/C22H15ClN2O6S/c23-13-1-5-15(6-2-13)31-16-7-3-14(4-8-16)24-21(26)11-32-22(24)17-9-19-20(30-12-29-19)10-18(17)25(27)28/h1-10,22H,11-12H2/t22-/m0/s1. The fraction of sp³-hybridized carbons (Fsp3) is 0.136. The van der Waals surface area contributed by atoms with Gasteiger partial charge in [0.15, 0.2) is 11.5 Å². The highest BCUT2D eigenvalue weighted by Crippen LogP contribution is 2.48. The monoisotopic (exact) mass is 470 g/mol. The van der Waals surface area contributed by atoms with Crippen molar-refractivity contribution in [3.05, 3.63) is 81.4 Å². The summed E-state index contributed by atoms with van der Waals surface area (Å²) in [6, 6.07) is 16.9. The Morgan fingerprint density at radius 1 is 1.03 bits per heavy atom. The lowest BCUT2D eigenvalue weighted by Crippen LogP contribution is -2.28. The third-order valence-electron chi connectivity index (χ3n) is 5.02. The average molecular weight is 471 g/mol. The largest absolute Gasteiger partial charge is 0.457 e. The van der Waals surface area contributed by atoms with Crippen LogP contribution in [0.3, 0.4) is 0 Å². The second-order valence-electron chi connectivity index (χ2n) is 7.00. The zero-order valence-electron chi connectivity index (χ0n) is 16.4. The van der Waals surface area contributed by atoms with Gasteiger partial charge in [-0.05, 0) is 54.6 Å². The van der Waals surface area contributed by atoms with Crippen molar-refractivity contribution in [2.24, 2.45) is 0 Å². The van der Waals surface area contributed by atoms with E-state index in [0.717, 1.165) is 0 Å². The number of amides is 1. The van der Waals surface area contributed by atoms with E-state index < -0.39 is 10.3 Å². The third kappa shape index (κ3) is 3.80. The summed E-state index contributed by atoms with van der Waals surface area (Å²) in [7, 11) is 0. The molecule has 5 rings (SSSR count). The van der Waals surface area contributed by atoms with E-state index in [9.17, 15) is 14.9 Å². The maximum atomic E-state index is 12.7. The summed E-state index contributed by atoms with van der Waals surface area (Å²) < 4.78 is 16.5. The van der Waals surface area contributed by atoms with Gasteiger partial charge in [-0.25, -0.2) is 0 Å². The van der Waals surface area contributed by atoms with E-state index in [-0.39, 0.29) is 24.1 Å². The lowest BCUT2D eigenvalue weighted by atomic mass is 10.1. The Morgan fingerprint density at radius 3 is 2.31 bits per heavy atom. The zero-order valence-corrected chi connectivity index (χ0v) is 18.0. The van der Waals surface area contributed by atoms with Crippen molar-refractivity contribution in [3.63, 3.8) is 0 Å². The van der Waals surface area contributed by atoms with Crippen LogP contribution in [0.25, 0.3) is 0 Å². The van der Waals surface area contributed by atoms with Crippen LogP contribution < -0.4 is 19.1 Å². The van der Waals surface area contributed by atoms with Gasteiger partial charge in [-0.15, -0.1) is 11.8 Å². The highest BCUT2D eigenvalue weighted by atomic mass is 35.5. The number of hydrogen-bond donors (Lipinski definition) is 0. The van der Waals surface area contributed by atoms with Crippen molar-refractivity contribution in [2.45, 2.75) is 5.37 Å². The molecule has 0 saturated carbocycles. The molecule has 2 aliphatic rings. The summed E-state index contributed by atoms with van der Waals surface area (Å²) in [4.78, 5) is 25.5. The topological polar surface area (TPSA) is 91.1 Å². The molecule has 1 saturated heterocycles. The van der Waals surface area contributed by atoms with Crippen LogP contribution in [-0.2, 0) is 4.79 Å². The normalized spacial score (nSPS) is 17.0. The van der Waals surface area contributed by atoms with Gasteiger partial charge < -0.3 is 14.2 Å². The Kier molecular flexibility index (Phi) is 5.28. The minimum Gasteiger partial charge on any atom is -0.457 e. The number of fused-ring (bicyclic) bond motifs is 1. The second-order valence-corrected chi connectivity index (χ2v) is 8.50. The molecule has 0 N–H and O–H groups in total. The van der Waals surface area contributed by atoms with Gasteiger partial charge in [0.2, 0.25) is 12.7 Å².